The van der Waals surface area contributed by atoms with Crippen LogP contribution in [0.3, 0.4) is 0 Å². The molecular weight excluding hydrogens is 365 g/mol. The maximum absolute atomic E-state index is 5.71. The van der Waals surface area contributed by atoms with Gasteiger partial charge in [-0.3, -0.25) is 4.99 Å². The molecular formula is C12H23ClIN3O. The van der Waals surface area contributed by atoms with Crippen molar-refractivity contribution in [2.24, 2.45) is 10.4 Å². The van der Waals surface area contributed by atoms with Crippen molar-refractivity contribution < 1.29 is 4.74 Å². The Kier molecular flexibility index (Phi) is 7.54. The topological polar surface area (TPSA) is 45.7 Å². The summed E-state index contributed by atoms with van der Waals surface area (Å²) in [7, 11) is 3.50. The highest BCUT2D eigenvalue weighted by molar-refractivity contribution is 14.0. The second kappa shape index (κ2) is 7.55. The lowest BCUT2D eigenvalue weighted by atomic mass is 9.64. The number of nitrogens with one attached hydrogen (secondary N) is 2. The van der Waals surface area contributed by atoms with Crippen LogP contribution in [0.5, 0.6) is 0 Å². The predicted octanol–water partition coefficient (Wildman–Crippen LogP) is 2.34. The summed E-state index contributed by atoms with van der Waals surface area (Å²) in [5, 5.41) is 7.04. The first-order valence-electron chi connectivity index (χ1n) is 5.75. The lowest BCUT2D eigenvalue weighted by molar-refractivity contribution is -0.0922. The minimum absolute atomic E-state index is 0. The SMILES string of the molecule is C=C(Cl)CNC(=NC)NC1CC(OC)C1(C)C.I. The monoisotopic (exact) mass is 387 g/mol. The van der Waals surface area contributed by atoms with Gasteiger partial charge in [-0.25, -0.2) is 0 Å². The van der Waals surface area contributed by atoms with E-state index in [0.717, 1.165) is 12.4 Å². The van der Waals surface area contributed by atoms with E-state index in [1.54, 1.807) is 14.2 Å². The minimum atomic E-state index is 0. The maximum atomic E-state index is 5.71. The molecule has 0 aromatic carbocycles. The number of aliphatic imine (C=N–C) groups is 1. The molecule has 2 atom stereocenters. The molecule has 6 heteroatoms. The third-order valence-electron chi connectivity index (χ3n) is 3.44. The molecule has 2 N–H and O–H groups in total. The van der Waals surface area contributed by atoms with Gasteiger partial charge in [-0.1, -0.05) is 32.0 Å². The summed E-state index contributed by atoms with van der Waals surface area (Å²) in [5.74, 6) is 0.749. The average Bonchev–Trinajstić information content (AvgIpc) is 2.27. The van der Waals surface area contributed by atoms with Crippen LogP contribution < -0.4 is 10.6 Å². The number of halogens is 2. The molecule has 0 aromatic rings. The van der Waals surface area contributed by atoms with E-state index in [1.165, 1.54) is 0 Å². The summed E-state index contributed by atoms with van der Waals surface area (Å²) in [6.45, 7) is 8.53. The molecule has 0 bridgehead atoms. The molecule has 1 aliphatic carbocycles. The molecule has 0 aliphatic heterocycles. The van der Waals surface area contributed by atoms with Crippen molar-refractivity contribution >= 4 is 41.5 Å². The third kappa shape index (κ3) is 4.28. The third-order valence-corrected chi connectivity index (χ3v) is 3.58. The number of rotatable bonds is 4. The van der Waals surface area contributed by atoms with Crippen molar-refractivity contribution in [3.05, 3.63) is 11.6 Å². The van der Waals surface area contributed by atoms with E-state index in [9.17, 15) is 0 Å². The summed E-state index contributed by atoms with van der Waals surface area (Å²) in [4.78, 5) is 4.15. The maximum Gasteiger partial charge on any atom is 0.191 e. The van der Waals surface area contributed by atoms with E-state index in [4.69, 9.17) is 16.3 Å². The van der Waals surface area contributed by atoms with Gasteiger partial charge in [-0.2, -0.15) is 0 Å². The Morgan fingerprint density at radius 2 is 2.17 bits per heavy atom. The molecule has 0 spiro atoms. The zero-order valence-corrected chi connectivity index (χ0v) is 14.5. The summed E-state index contributed by atoms with van der Waals surface area (Å²) in [6, 6.07) is 0.363. The van der Waals surface area contributed by atoms with Gasteiger partial charge < -0.3 is 15.4 Å². The number of hydrogen-bond acceptors (Lipinski definition) is 2. The number of hydrogen-bond donors (Lipinski definition) is 2. The van der Waals surface area contributed by atoms with Crippen molar-refractivity contribution in [2.75, 3.05) is 20.7 Å². The number of ether oxygens (including phenoxy) is 1. The predicted molar refractivity (Wildman–Crippen MR) is 87.9 cm³/mol. The molecule has 2 unspecified atom stereocenters. The van der Waals surface area contributed by atoms with E-state index in [-0.39, 0.29) is 29.4 Å². The first kappa shape index (κ1) is 18.0. The van der Waals surface area contributed by atoms with Gasteiger partial charge in [0.15, 0.2) is 5.96 Å². The van der Waals surface area contributed by atoms with Crippen LogP contribution in [-0.2, 0) is 4.74 Å². The number of methoxy groups -OCH3 is 1. The van der Waals surface area contributed by atoms with Crippen molar-refractivity contribution in [2.45, 2.75) is 32.4 Å². The first-order chi connectivity index (χ1) is 7.91. The van der Waals surface area contributed by atoms with Gasteiger partial charge in [-0.05, 0) is 6.42 Å². The van der Waals surface area contributed by atoms with Gasteiger partial charge in [-0.15, -0.1) is 24.0 Å². The Hall–Kier alpha value is -0.0100. The van der Waals surface area contributed by atoms with Gasteiger partial charge in [0.1, 0.15) is 0 Å². The summed E-state index contributed by atoms with van der Waals surface area (Å²) < 4.78 is 5.41. The van der Waals surface area contributed by atoms with Gasteiger partial charge in [0.25, 0.3) is 0 Å². The highest BCUT2D eigenvalue weighted by atomic mass is 127. The van der Waals surface area contributed by atoms with Crippen molar-refractivity contribution in [3.8, 4) is 0 Å². The molecule has 1 aliphatic rings. The Labute approximate surface area is 132 Å². The average molecular weight is 388 g/mol. The summed E-state index contributed by atoms with van der Waals surface area (Å²) in [5.41, 5.74) is 0.115. The van der Waals surface area contributed by atoms with Crippen LogP contribution in [0.25, 0.3) is 0 Å². The molecule has 1 rings (SSSR count). The van der Waals surface area contributed by atoms with E-state index in [2.05, 4.69) is 36.1 Å². The lowest BCUT2D eigenvalue weighted by Crippen LogP contribution is -2.63. The van der Waals surface area contributed by atoms with Gasteiger partial charge in [0.2, 0.25) is 0 Å². The second-order valence-corrected chi connectivity index (χ2v) is 5.46. The van der Waals surface area contributed by atoms with Crippen LogP contribution >= 0.6 is 35.6 Å². The highest BCUT2D eigenvalue weighted by Gasteiger charge is 2.48. The molecule has 1 fully saturated rings. The van der Waals surface area contributed by atoms with Crippen LogP contribution in [0.1, 0.15) is 20.3 Å². The summed E-state index contributed by atoms with van der Waals surface area (Å²) >= 11 is 5.71. The quantitative estimate of drug-likeness (QED) is 0.442. The van der Waals surface area contributed by atoms with Gasteiger partial charge >= 0.3 is 0 Å². The molecule has 18 heavy (non-hydrogen) atoms. The zero-order chi connectivity index (χ0) is 13.1. The zero-order valence-electron chi connectivity index (χ0n) is 11.4. The standard InChI is InChI=1S/C12H22ClN3O.HI/c1-8(13)7-15-11(14-4)16-9-6-10(17-5)12(9,2)3;/h9-10H,1,6-7H2,2-5H3,(H2,14,15,16);1H. The highest BCUT2D eigenvalue weighted by Crippen LogP contribution is 2.42. The van der Waals surface area contributed by atoms with Crippen LogP contribution in [0.2, 0.25) is 0 Å². The fraction of sp³-hybridized carbons (Fsp3) is 0.750. The van der Waals surface area contributed by atoms with Crippen LogP contribution in [-0.4, -0.2) is 38.8 Å². The van der Waals surface area contributed by atoms with E-state index < -0.39 is 0 Å². The van der Waals surface area contributed by atoms with Gasteiger partial charge in [0.05, 0.1) is 12.6 Å². The fourth-order valence-corrected chi connectivity index (χ4v) is 2.14. The molecule has 1 saturated carbocycles. The molecule has 106 valence electrons. The van der Waals surface area contributed by atoms with Crippen molar-refractivity contribution in [1.82, 2.24) is 10.6 Å². The Balaban J connectivity index is 0.00000289. The fourth-order valence-electron chi connectivity index (χ4n) is 2.07. The normalized spacial score (nSPS) is 25.7. The van der Waals surface area contributed by atoms with Crippen LogP contribution in [0.4, 0.5) is 0 Å². The summed E-state index contributed by atoms with van der Waals surface area (Å²) in [6.07, 6.45) is 1.30. The van der Waals surface area contributed by atoms with Crippen molar-refractivity contribution in [3.63, 3.8) is 0 Å². The largest absolute Gasteiger partial charge is 0.381 e. The van der Waals surface area contributed by atoms with E-state index in [0.29, 0.717) is 23.7 Å². The molecule has 0 aromatic heterocycles. The lowest BCUT2D eigenvalue weighted by Gasteiger charge is -2.51. The molecule has 0 amide bonds. The van der Waals surface area contributed by atoms with Crippen LogP contribution in [0, 0.1) is 5.41 Å². The Morgan fingerprint density at radius 3 is 2.56 bits per heavy atom. The molecule has 4 nitrogen and oxygen atoms in total. The van der Waals surface area contributed by atoms with E-state index in [1.807, 2.05) is 0 Å². The first-order valence-corrected chi connectivity index (χ1v) is 6.12. The Bertz CT molecular complexity index is 320. The molecule has 0 heterocycles. The number of guanidine groups is 1. The molecule has 0 radical (unpaired) electrons. The van der Waals surface area contributed by atoms with E-state index >= 15 is 0 Å². The minimum Gasteiger partial charge on any atom is -0.381 e. The Morgan fingerprint density at radius 1 is 1.56 bits per heavy atom. The molecule has 0 saturated heterocycles. The second-order valence-electron chi connectivity index (χ2n) is 4.92. The van der Waals surface area contributed by atoms with Crippen LogP contribution in [0.15, 0.2) is 16.6 Å². The number of nitrogens with zero attached hydrogens (tertiary/aromatic N) is 1. The van der Waals surface area contributed by atoms with Gasteiger partial charge in [0, 0.05) is 30.6 Å². The van der Waals surface area contributed by atoms with Crippen molar-refractivity contribution in [1.29, 1.82) is 0 Å². The smallest absolute Gasteiger partial charge is 0.191 e.